The third kappa shape index (κ3) is 8.82. The second-order valence-electron chi connectivity index (χ2n) is 7.28. The molecule has 29 heavy (non-hydrogen) atoms. The van der Waals surface area contributed by atoms with Crippen molar-refractivity contribution in [1.82, 2.24) is 15.5 Å². The molecule has 5 N–H and O–H groups in total. The zero-order valence-corrected chi connectivity index (χ0v) is 18.0. The van der Waals surface area contributed by atoms with Gasteiger partial charge in [0.25, 0.3) is 0 Å². The van der Waals surface area contributed by atoms with Gasteiger partial charge < -0.3 is 25.3 Å². The van der Waals surface area contributed by atoms with Gasteiger partial charge in [-0.25, -0.2) is 5.84 Å². The number of hydrazine groups is 1. The van der Waals surface area contributed by atoms with Crippen molar-refractivity contribution in [2.45, 2.75) is 45.3 Å². The Morgan fingerprint density at radius 2 is 1.90 bits per heavy atom. The number of anilines is 1. The lowest BCUT2D eigenvalue weighted by Crippen LogP contribution is -2.48. The summed E-state index contributed by atoms with van der Waals surface area (Å²) in [6, 6.07) is 11.3. The maximum Gasteiger partial charge on any atom is 0.233 e. The molecule has 162 valence electrons. The smallest absolute Gasteiger partial charge is 0.233 e. The lowest BCUT2D eigenvalue weighted by molar-refractivity contribution is 0.0918. The van der Waals surface area contributed by atoms with Gasteiger partial charge in [0.1, 0.15) is 25.1 Å². The quantitative estimate of drug-likeness (QED) is 0.302. The Labute approximate surface area is 178 Å². The fourth-order valence-electron chi connectivity index (χ4n) is 2.54. The molecule has 0 bridgehead atoms. The van der Waals surface area contributed by atoms with Crippen LogP contribution in [0, 0.1) is 0 Å². The van der Waals surface area contributed by atoms with Gasteiger partial charge in [0.15, 0.2) is 5.82 Å². The molecule has 8 nitrogen and oxygen atoms in total. The Morgan fingerprint density at radius 3 is 2.55 bits per heavy atom. The Kier molecular flexibility index (Phi) is 10.7. The van der Waals surface area contributed by atoms with Crippen molar-refractivity contribution in [2.75, 3.05) is 25.2 Å². The van der Waals surface area contributed by atoms with Crippen LogP contribution < -0.4 is 26.1 Å². The number of benzene rings is 1. The molecule has 0 aliphatic rings. The van der Waals surface area contributed by atoms with Crippen LogP contribution in [0.25, 0.3) is 0 Å². The second-order valence-corrected chi connectivity index (χ2v) is 7.28. The first-order valence-electron chi connectivity index (χ1n) is 9.50. The fourth-order valence-corrected chi connectivity index (χ4v) is 2.54. The molecule has 1 aromatic carbocycles. The third-order valence-corrected chi connectivity index (χ3v) is 4.11. The van der Waals surface area contributed by atoms with Crippen molar-refractivity contribution in [3.05, 3.63) is 42.0 Å². The number of hydrogen-bond donors (Lipinski definition) is 4. The normalized spacial score (nSPS) is 12.0. The van der Waals surface area contributed by atoms with Gasteiger partial charge in [0.05, 0.1) is 0 Å². The number of aliphatic hydroxyl groups is 1. The minimum absolute atomic E-state index is 0. The van der Waals surface area contributed by atoms with Gasteiger partial charge in [0.2, 0.25) is 5.88 Å². The molecule has 1 aromatic heterocycles. The van der Waals surface area contributed by atoms with Gasteiger partial charge in [-0.05, 0) is 38.0 Å². The number of hydrogen-bond acceptors (Lipinski definition) is 8. The highest BCUT2D eigenvalue weighted by Crippen LogP contribution is 2.19. The fraction of sp³-hybridized carbons (Fsp3) is 0.500. The number of nitrogens with zero attached hydrogens (tertiary/aromatic N) is 2. The summed E-state index contributed by atoms with van der Waals surface area (Å²) in [5, 5.41) is 21.3. The molecule has 2 aromatic rings. The molecular formula is C20H32ClN5O3. The van der Waals surface area contributed by atoms with E-state index in [0.29, 0.717) is 24.8 Å². The molecule has 0 amide bonds. The van der Waals surface area contributed by atoms with Crippen LogP contribution in [0.5, 0.6) is 11.6 Å². The number of aryl methyl sites for hydroxylation is 1. The molecule has 9 heteroatoms. The highest BCUT2D eigenvalue weighted by atomic mass is 35.5. The maximum atomic E-state index is 10.3. The SMILES string of the molecule is CCCc1ccccc1OCC(O)CNC(C)(C)COc1ccc(NN)nn1.Cl. The highest BCUT2D eigenvalue weighted by molar-refractivity contribution is 5.85. The van der Waals surface area contributed by atoms with Crippen molar-refractivity contribution >= 4 is 18.2 Å². The van der Waals surface area contributed by atoms with Gasteiger partial charge in [-0.1, -0.05) is 31.5 Å². The van der Waals surface area contributed by atoms with E-state index in [2.05, 4.69) is 33.9 Å². The number of nitrogen functional groups attached to an aromatic ring is 1. The van der Waals surface area contributed by atoms with Crippen molar-refractivity contribution in [1.29, 1.82) is 0 Å². The minimum atomic E-state index is -0.635. The average Bonchev–Trinajstić information content (AvgIpc) is 2.71. The molecule has 0 saturated heterocycles. The number of aliphatic hydroxyl groups excluding tert-OH is 1. The summed E-state index contributed by atoms with van der Waals surface area (Å²) in [6.07, 6.45) is 1.37. The largest absolute Gasteiger partial charge is 0.491 e. The number of ether oxygens (including phenoxy) is 2. The number of halogens is 1. The topological polar surface area (TPSA) is 115 Å². The number of β-amino-alcohol motifs (C(OH)–C–C–N with tert-alkyl or cyclic N) is 1. The summed E-state index contributed by atoms with van der Waals surface area (Å²) in [6.45, 7) is 7.08. The first kappa shape index (κ1) is 24.9. The van der Waals surface area contributed by atoms with Crippen LogP contribution in [0.1, 0.15) is 32.8 Å². The van der Waals surface area contributed by atoms with Crippen molar-refractivity contribution < 1.29 is 14.6 Å². The van der Waals surface area contributed by atoms with Crippen LogP contribution in [0.15, 0.2) is 36.4 Å². The number of rotatable bonds is 12. The standard InChI is InChI=1S/C20H31N5O3.ClH/c1-4-7-15-8-5-6-9-17(15)27-13-16(26)12-22-20(2,3)14-28-19-11-10-18(23-21)24-25-19;/h5-6,8-11,16,22,26H,4,7,12-14,21H2,1-3H3,(H,23,24);1H. The molecule has 0 saturated carbocycles. The Balaban J connectivity index is 0.00000420. The van der Waals surface area contributed by atoms with Crippen LogP contribution in [0.4, 0.5) is 5.82 Å². The number of aromatic nitrogens is 2. The zero-order chi connectivity index (χ0) is 20.4. The van der Waals surface area contributed by atoms with E-state index in [1.807, 2.05) is 32.0 Å². The second kappa shape index (κ2) is 12.4. The third-order valence-electron chi connectivity index (χ3n) is 4.11. The molecule has 0 radical (unpaired) electrons. The van der Waals surface area contributed by atoms with E-state index >= 15 is 0 Å². The monoisotopic (exact) mass is 425 g/mol. The molecule has 1 heterocycles. The summed E-state index contributed by atoms with van der Waals surface area (Å²) < 4.78 is 11.5. The van der Waals surface area contributed by atoms with Crippen LogP contribution in [0.3, 0.4) is 0 Å². The Bertz CT molecular complexity index is 716. The molecule has 1 atom stereocenters. The number of para-hydroxylation sites is 1. The van der Waals surface area contributed by atoms with E-state index in [9.17, 15) is 5.11 Å². The first-order valence-corrected chi connectivity index (χ1v) is 9.50. The van der Waals surface area contributed by atoms with E-state index in [1.54, 1.807) is 12.1 Å². The van der Waals surface area contributed by atoms with Gasteiger partial charge in [-0.3, -0.25) is 0 Å². The van der Waals surface area contributed by atoms with Crippen molar-refractivity contribution in [3.8, 4) is 11.6 Å². The van der Waals surface area contributed by atoms with Gasteiger partial charge in [-0.2, -0.15) is 0 Å². The van der Waals surface area contributed by atoms with E-state index in [-0.39, 0.29) is 24.6 Å². The molecule has 0 aliphatic heterocycles. The highest BCUT2D eigenvalue weighted by Gasteiger charge is 2.20. The van der Waals surface area contributed by atoms with E-state index < -0.39 is 6.10 Å². The molecule has 0 fully saturated rings. The molecule has 0 spiro atoms. The maximum absolute atomic E-state index is 10.3. The zero-order valence-electron chi connectivity index (χ0n) is 17.2. The summed E-state index contributed by atoms with van der Waals surface area (Å²) in [5.41, 5.74) is 3.21. The van der Waals surface area contributed by atoms with Crippen LogP contribution in [0.2, 0.25) is 0 Å². The number of nitrogens with one attached hydrogen (secondary N) is 2. The predicted molar refractivity (Wildman–Crippen MR) is 117 cm³/mol. The molecular weight excluding hydrogens is 394 g/mol. The lowest BCUT2D eigenvalue weighted by atomic mass is 10.1. The van der Waals surface area contributed by atoms with Gasteiger partial charge in [0, 0.05) is 18.2 Å². The summed E-state index contributed by atoms with van der Waals surface area (Å²) in [4.78, 5) is 0. The lowest BCUT2D eigenvalue weighted by Gasteiger charge is -2.27. The van der Waals surface area contributed by atoms with Crippen molar-refractivity contribution in [2.24, 2.45) is 5.84 Å². The average molecular weight is 426 g/mol. The van der Waals surface area contributed by atoms with Crippen LogP contribution in [-0.4, -0.2) is 46.7 Å². The Morgan fingerprint density at radius 1 is 1.14 bits per heavy atom. The van der Waals surface area contributed by atoms with Crippen molar-refractivity contribution in [3.63, 3.8) is 0 Å². The minimum Gasteiger partial charge on any atom is -0.491 e. The van der Waals surface area contributed by atoms with E-state index in [4.69, 9.17) is 15.3 Å². The summed E-state index contributed by atoms with van der Waals surface area (Å²) >= 11 is 0. The molecule has 1 unspecified atom stereocenters. The van der Waals surface area contributed by atoms with Crippen LogP contribution >= 0.6 is 12.4 Å². The summed E-state index contributed by atoms with van der Waals surface area (Å²) in [7, 11) is 0. The van der Waals surface area contributed by atoms with E-state index in [0.717, 1.165) is 24.2 Å². The molecule has 2 rings (SSSR count). The van der Waals surface area contributed by atoms with Gasteiger partial charge in [-0.15, -0.1) is 22.6 Å². The molecule has 0 aliphatic carbocycles. The Hall–Kier alpha value is -2.13. The van der Waals surface area contributed by atoms with Crippen LogP contribution in [-0.2, 0) is 6.42 Å². The van der Waals surface area contributed by atoms with Gasteiger partial charge >= 0.3 is 0 Å². The first-order chi connectivity index (χ1) is 13.4. The number of nitrogens with two attached hydrogens (primary N) is 1. The predicted octanol–water partition coefficient (Wildman–Crippen LogP) is 2.32. The van der Waals surface area contributed by atoms with E-state index in [1.165, 1.54) is 0 Å². The summed E-state index contributed by atoms with van der Waals surface area (Å²) in [5.74, 6) is 6.97.